The minimum absolute atomic E-state index is 0.0435. The Morgan fingerprint density at radius 3 is 2.34 bits per heavy atom. The highest BCUT2D eigenvalue weighted by molar-refractivity contribution is 6.31. The van der Waals surface area contributed by atoms with Crippen LogP contribution in [0.4, 0.5) is 8.78 Å². The molecule has 148 valence electrons. The molecular weight excluding hydrogens is 404 g/mol. The van der Waals surface area contributed by atoms with Crippen molar-refractivity contribution in [1.29, 1.82) is 0 Å². The lowest BCUT2D eigenvalue weighted by Gasteiger charge is -2.12. The van der Waals surface area contributed by atoms with Gasteiger partial charge in [-0.3, -0.25) is 4.79 Å². The van der Waals surface area contributed by atoms with Crippen LogP contribution in [-0.2, 0) is 6.54 Å². The summed E-state index contributed by atoms with van der Waals surface area (Å²) in [5, 5.41) is 11.8. The lowest BCUT2D eigenvalue weighted by atomic mass is 10.1. The number of hydrogen-bond donors (Lipinski definition) is 2. The second-order valence-corrected chi connectivity index (χ2v) is 6.43. The van der Waals surface area contributed by atoms with Gasteiger partial charge >= 0.3 is 5.97 Å². The number of carbonyl (C=O) groups excluding carboxylic acids is 1. The first-order valence-corrected chi connectivity index (χ1v) is 8.74. The van der Waals surface area contributed by atoms with Gasteiger partial charge in [0.1, 0.15) is 23.1 Å². The molecule has 0 radical (unpaired) electrons. The van der Waals surface area contributed by atoms with Crippen LogP contribution in [0.15, 0.2) is 60.7 Å². The Labute approximate surface area is 169 Å². The van der Waals surface area contributed by atoms with Crippen LogP contribution in [-0.4, -0.2) is 17.0 Å². The van der Waals surface area contributed by atoms with E-state index in [0.29, 0.717) is 16.3 Å². The molecule has 0 aliphatic carbocycles. The summed E-state index contributed by atoms with van der Waals surface area (Å²) < 4.78 is 32.5. The smallest absolute Gasteiger partial charge is 0.338 e. The summed E-state index contributed by atoms with van der Waals surface area (Å²) >= 11 is 5.98. The first kappa shape index (κ1) is 20.3. The lowest BCUT2D eigenvalue weighted by molar-refractivity contribution is 0.0691. The van der Waals surface area contributed by atoms with Gasteiger partial charge in [0.25, 0.3) is 5.91 Å². The number of amides is 1. The van der Waals surface area contributed by atoms with Gasteiger partial charge < -0.3 is 15.2 Å². The van der Waals surface area contributed by atoms with Crippen LogP contribution < -0.4 is 10.1 Å². The average molecular weight is 418 g/mol. The minimum Gasteiger partial charge on any atom is -0.478 e. The largest absolute Gasteiger partial charge is 0.478 e. The van der Waals surface area contributed by atoms with Crippen LogP contribution >= 0.6 is 11.6 Å². The van der Waals surface area contributed by atoms with Gasteiger partial charge in [0.15, 0.2) is 0 Å². The summed E-state index contributed by atoms with van der Waals surface area (Å²) in [5.74, 6) is -2.70. The topological polar surface area (TPSA) is 75.6 Å². The molecule has 0 atom stereocenters. The van der Waals surface area contributed by atoms with Gasteiger partial charge in [-0.05, 0) is 60.2 Å². The predicted octanol–water partition coefficient (Wildman–Crippen LogP) is 5.04. The molecule has 0 aliphatic rings. The molecule has 0 saturated carbocycles. The number of hydrogen-bond acceptors (Lipinski definition) is 3. The zero-order valence-electron chi connectivity index (χ0n) is 14.8. The predicted molar refractivity (Wildman–Crippen MR) is 102 cm³/mol. The Balaban J connectivity index is 1.76. The second kappa shape index (κ2) is 8.70. The van der Waals surface area contributed by atoms with Crippen molar-refractivity contribution in [1.82, 2.24) is 5.32 Å². The van der Waals surface area contributed by atoms with E-state index in [2.05, 4.69) is 5.32 Å². The Hall–Kier alpha value is -3.45. The molecule has 1 amide bonds. The van der Waals surface area contributed by atoms with Gasteiger partial charge in [-0.25, -0.2) is 13.6 Å². The molecule has 0 saturated heterocycles. The Morgan fingerprint density at radius 1 is 0.966 bits per heavy atom. The molecule has 3 aromatic rings. The summed E-state index contributed by atoms with van der Waals surface area (Å²) in [7, 11) is 0. The average Bonchev–Trinajstić information content (AvgIpc) is 2.69. The molecule has 0 heterocycles. The van der Waals surface area contributed by atoms with Gasteiger partial charge in [0, 0.05) is 11.6 Å². The zero-order valence-corrected chi connectivity index (χ0v) is 15.5. The van der Waals surface area contributed by atoms with Crippen LogP contribution in [0.2, 0.25) is 5.02 Å². The van der Waals surface area contributed by atoms with Crippen molar-refractivity contribution in [2.45, 2.75) is 6.54 Å². The molecule has 0 fully saturated rings. The van der Waals surface area contributed by atoms with Gasteiger partial charge in [-0.15, -0.1) is 0 Å². The monoisotopic (exact) mass is 417 g/mol. The summed E-state index contributed by atoms with van der Waals surface area (Å²) in [6, 6.07) is 13.3. The fourth-order valence-corrected chi connectivity index (χ4v) is 2.69. The third-order valence-electron chi connectivity index (χ3n) is 3.94. The molecule has 0 spiro atoms. The molecule has 0 bridgehead atoms. The van der Waals surface area contributed by atoms with Gasteiger partial charge in [0.2, 0.25) is 0 Å². The van der Waals surface area contributed by atoms with E-state index < -0.39 is 29.1 Å². The van der Waals surface area contributed by atoms with E-state index >= 15 is 0 Å². The molecule has 8 heteroatoms. The van der Waals surface area contributed by atoms with Crippen molar-refractivity contribution < 1.29 is 28.2 Å². The summed E-state index contributed by atoms with van der Waals surface area (Å²) in [5.41, 5.74) is 0.0539. The Morgan fingerprint density at radius 2 is 1.69 bits per heavy atom. The molecule has 0 unspecified atom stereocenters. The highest BCUT2D eigenvalue weighted by atomic mass is 35.5. The molecule has 29 heavy (non-hydrogen) atoms. The first-order chi connectivity index (χ1) is 13.8. The molecule has 5 nitrogen and oxygen atoms in total. The van der Waals surface area contributed by atoms with E-state index in [4.69, 9.17) is 21.4 Å². The van der Waals surface area contributed by atoms with Gasteiger partial charge in [-0.1, -0.05) is 17.7 Å². The maximum Gasteiger partial charge on any atom is 0.338 e. The quantitative estimate of drug-likeness (QED) is 0.589. The van der Waals surface area contributed by atoms with Crippen molar-refractivity contribution in [3.63, 3.8) is 0 Å². The van der Waals surface area contributed by atoms with Crippen LogP contribution in [0.5, 0.6) is 11.5 Å². The number of halogens is 3. The molecule has 3 aromatic carbocycles. The van der Waals surface area contributed by atoms with Crippen LogP contribution in [0, 0.1) is 11.6 Å². The van der Waals surface area contributed by atoms with E-state index in [9.17, 15) is 18.4 Å². The van der Waals surface area contributed by atoms with Crippen molar-refractivity contribution >= 4 is 23.5 Å². The number of aromatic carboxylic acids is 1. The highest BCUT2D eigenvalue weighted by Crippen LogP contribution is 2.28. The van der Waals surface area contributed by atoms with Crippen molar-refractivity contribution in [3.8, 4) is 11.5 Å². The number of carboxylic acid groups (broad SMARTS) is 1. The van der Waals surface area contributed by atoms with Crippen LogP contribution in [0.25, 0.3) is 0 Å². The SMILES string of the molecule is O=C(O)c1ccc(CNC(=O)c2cc(Cl)ccc2Oc2ccc(F)cc2)cc1F. The summed E-state index contributed by atoms with van der Waals surface area (Å²) in [6.07, 6.45) is 0. The van der Waals surface area contributed by atoms with E-state index in [1.54, 1.807) is 0 Å². The third-order valence-corrected chi connectivity index (χ3v) is 4.18. The normalized spacial score (nSPS) is 10.4. The maximum atomic E-state index is 13.8. The minimum atomic E-state index is -1.38. The van der Waals surface area contributed by atoms with Crippen LogP contribution in [0.1, 0.15) is 26.3 Å². The lowest BCUT2D eigenvalue weighted by Crippen LogP contribution is -2.23. The second-order valence-electron chi connectivity index (χ2n) is 6.00. The van der Waals surface area contributed by atoms with Gasteiger partial charge in [0.05, 0.1) is 11.1 Å². The first-order valence-electron chi connectivity index (χ1n) is 8.36. The van der Waals surface area contributed by atoms with E-state index in [1.807, 2.05) is 0 Å². The highest BCUT2D eigenvalue weighted by Gasteiger charge is 2.15. The number of nitrogens with one attached hydrogen (secondary N) is 1. The maximum absolute atomic E-state index is 13.8. The van der Waals surface area contributed by atoms with Crippen LogP contribution in [0.3, 0.4) is 0 Å². The number of benzene rings is 3. The Bertz CT molecular complexity index is 1070. The van der Waals surface area contributed by atoms with Crippen molar-refractivity contribution in [3.05, 3.63) is 94.0 Å². The number of ether oxygens (including phenoxy) is 1. The summed E-state index contributed by atoms with van der Waals surface area (Å²) in [4.78, 5) is 23.5. The summed E-state index contributed by atoms with van der Waals surface area (Å²) in [6.45, 7) is -0.0435. The van der Waals surface area contributed by atoms with E-state index in [-0.39, 0.29) is 17.9 Å². The fourth-order valence-electron chi connectivity index (χ4n) is 2.52. The van der Waals surface area contributed by atoms with Crippen molar-refractivity contribution in [2.24, 2.45) is 0 Å². The number of carboxylic acids is 1. The molecule has 2 N–H and O–H groups in total. The Kier molecular flexibility index (Phi) is 6.09. The number of rotatable bonds is 6. The molecule has 0 aliphatic heterocycles. The molecule has 0 aromatic heterocycles. The third kappa shape index (κ3) is 5.08. The van der Waals surface area contributed by atoms with E-state index in [0.717, 1.165) is 12.1 Å². The van der Waals surface area contributed by atoms with Gasteiger partial charge in [-0.2, -0.15) is 0 Å². The number of carbonyl (C=O) groups is 2. The zero-order chi connectivity index (χ0) is 21.0. The standard InChI is InChI=1S/C21H14ClF2NO4/c22-13-2-8-19(29-15-5-3-14(23)4-6-15)17(10-13)20(26)25-11-12-1-7-16(21(27)28)18(24)9-12/h1-10H,11H2,(H,25,26)(H,27,28). The fraction of sp³-hybridized carbons (Fsp3) is 0.0476. The molecule has 3 rings (SSSR count). The molecular formula is C21H14ClF2NO4. The van der Waals surface area contributed by atoms with Crippen molar-refractivity contribution in [2.75, 3.05) is 0 Å². The van der Waals surface area contributed by atoms with E-state index in [1.165, 1.54) is 48.5 Å².